The number of benzene rings is 2. The van der Waals surface area contributed by atoms with Gasteiger partial charge < -0.3 is 25.0 Å². The van der Waals surface area contributed by atoms with Crippen LogP contribution in [0.2, 0.25) is 0 Å². The van der Waals surface area contributed by atoms with Crippen molar-refractivity contribution in [3.8, 4) is 5.75 Å². The molecule has 0 aliphatic carbocycles. The van der Waals surface area contributed by atoms with E-state index in [9.17, 15) is 23.9 Å². The predicted molar refractivity (Wildman–Crippen MR) is 140 cm³/mol. The summed E-state index contributed by atoms with van der Waals surface area (Å²) < 4.78 is 18.8. The van der Waals surface area contributed by atoms with E-state index < -0.39 is 23.7 Å². The molecule has 2 N–H and O–H groups in total. The molecule has 0 radical (unpaired) electrons. The highest BCUT2D eigenvalue weighted by Crippen LogP contribution is 2.38. The van der Waals surface area contributed by atoms with E-state index in [1.165, 1.54) is 24.1 Å². The Hall–Kier alpha value is -3.46. The van der Waals surface area contributed by atoms with E-state index in [1.54, 1.807) is 12.1 Å². The summed E-state index contributed by atoms with van der Waals surface area (Å²) in [6.45, 7) is 2.21. The lowest BCUT2D eigenvalue weighted by molar-refractivity contribution is -0.146. The molecule has 2 amide bonds. The minimum absolute atomic E-state index is 0.153. The van der Waals surface area contributed by atoms with Crippen LogP contribution < -0.4 is 10.1 Å². The van der Waals surface area contributed by atoms with Crippen molar-refractivity contribution in [2.75, 3.05) is 45.2 Å². The van der Waals surface area contributed by atoms with Crippen molar-refractivity contribution >= 4 is 23.3 Å². The van der Waals surface area contributed by atoms with Gasteiger partial charge in [-0.25, -0.2) is 4.39 Å². The Morgan fingerprint density at radius 3 is 2.32 bits per heavy atom. The average Bonchev–Trinajstić information content (AvgIpc) is 3.36. The Kier molecular flexibility index (Phi) is 7.65. The number of carbonyl (C=O) groups is 3. The number of nitrogens with one attached hydrogen (secondary N) is 1. The van der Waals surface area contributed by atoms with Crippen LogP contribution in [0, 0.1) is 11.7 Å². The lowest BCUT2D eigenvalue weighted by Gasteiger charge is -2.32. The van der Waals surface area contributed by atoms with Gasteiger partial charge in [0, 0.05) is 44.5 Å². The second kappa shape index (κ2) is 11.1. The number of piperidine rings is 2. The fraction of sp³-hybridized carbons (Fsp3) is 0.483. The normalized spacial score (nSPS) is 20.1. The lowest BCUT2D eigenvalue weighted by atomic mass is 9.89. The van der Waals surface area contributed by atoms with Crippen LogP contribution in [-0.4, -0.2) is 78.4 Å². The van der Waals surface area contributed by atoms with E-state index >= 15 is 0 Å². The minimum Gasteiger partial charge on any atom is -0.496 e. The molecule has 1 atom stereocenters. The van der Waals surface area contributed by atoms with Crippen molar-refractivity contribution in [3.63, 3.8) is 0 Å². The zero-order valence-corrected chi connectivity index (χ0v) is 21.6. The number of aliphatic hydroxyl groups excluding tert-OH is 1. The molecular weight excluding hydrogens is 489 g/mol. The number of Topliss-reactive ketones (excluding diaryl/α,β-unsaturated/α-hetero) is 1. The number of methoxy groups -OCH3 is 1. The van der Waals surface area contributed by atoms with E-state index in [1.807, 2.05) is 17.0 Å². The van der Waals surface area contributed by atoms with Crippen molar-refractivity contribution < 1.29 is 28.6 Å². The first kappa shape index (κ1) is 26.2. The van der Waals surface area contributed by atoms with E-state index in [2.05, 4.69) is 5.32 Å². The van der Waals surface area contributed by atoms with Gasteiger partial charge in [0.05, 0.1) is 24.7 Å². The summed E-state index contributed by atoms with van der Waals surface area (Å²) in [6.07, 6.45) is 3.04. The summed E-state index contributed by atoms with van der Waals surface area (Å²) in [6, 6.07) is 10.0. The topological polar surface area (TPSA) is 99.2 Å². The number of nitrogens with zero attached hydrogens (tertiary/aromatic N) is 2. The predicted octanol–water partition coefficient (Wildman–Crippen LogP) is 2.99. The Morgan fingerprint density at radius 1 is 1.00 bits per heavy atom. The highest BCUT2D eigenvalue weighted by molar-refractivity contribution is 6.38. The first-order valence-corrected chi connectivity index (χ1v) is 13.3. The molecule has 9 heteroatoms. The number of halogens is 1. The number of ether oxygens (including phenoxy) is 1. The molecule has 5 rings (SSSR count). The van der Waals surface area contributed by atoms with E-state index in [4.69, 9.17) is 4.74 Å². The Bertz CT molecular complexity index is 1200. The number of anilines is 1. The molecule has 0 aromatic heterocycles. The Balaban J connectivity index is 1.27. The molecule has 0 spiro atoms. The fourth-order valence-corrected chi connectivity index (χ4v) is 5.77. The SMILES string of the molecule is COc1cc2c(cc1C(=O)N1CCC(Cc3ccc(F)cc3)CC1)C(C(=O)C(=O)N1CCC(O)CC1)CN2. The summed E-state index contributed by atoms with van der Waals surface area (Å²) in [5.41, 5.74) is 2.81. The molecule has 8 nitrogen and oxygen atoms in total. The number of fused-ring (bicyclic) bond motifs is 1. The first-order valence-electron chi connectivity index (χ1n) is 13.3. The molecule has 3 aliphatic rings. The summed E-state index contributed by atoms with van der Waals surface area (Å²) in [4.78, 5) is 43.0. The van der Waals surface area contributed by atoms with Gasteiger partial charge >= 0.3 is 0 Å². The molecular formula is C29H34FN3O5. The van der Waals surface area contributed by atoms with Crippen LogP contribution in [0.25, 0.3) is 0 Å². The molecule has 38 heavy (non-hydrogen) atoms. The standard InChI is InChI=1S/C29H34FN3O5/c1-38-26-16-25-22(24(17-31-25)27(35)29(37)33-12-8-21(34)9-13-33)15-23(26)28(36)32-10-6-19(7-11-32)14-18-2-4-20(30)5-3-18/h2-5,15-16,19,21,24,31,34H,6-14,17H2,1H3. The molecule has 2 fully saturated rings. The Labute approximate surface area is 221 Å². The van der Waals surface area contributed by atoms with Gasteiger partial charge in [-0.3, -0.25) is 14.4 Å². The van der Waals surface area contributed by atoms with Crippen molar-refractivity contribution in [2.45, 2.75) is 44.1 Å². The third-order valence-electron chi connectivity index (χ3n) is 8.09. The molecule has 0 bridgehead atoms. The van der Waals surface area contributed by atoms with Crippen molar-refractivity contribution in [1.29, 1.82) is 0 Å². The highest BCUT2D eigenvalue weighted by atomic mass is 19.1. The van der Waals surface area contributed by atoms with Gasteiger partial charge in [0.1, 0.15) is 11.6 Å². The third-order valence-corrected chi connectivity index (χ3v) is 8.09. The second-order valence-corrected chi connectivity index (χ2v) is 10.5. The number of hydrogen-bond donors (Lipinski definition) is 2. The number of hydrogen-bond acceptors (Lipinski definition) is 6. The molecule has 0 saturated carbocycles. The number of amides is 2. The van der Waals surface area contributed by atoms with Crippen LogP contribution in [-0.2, 0) is 16.0 Å². The van der Waals surface area contributed by atoms with Gasteiger partial charge in [0.25, 0.3) is 11.8 Å². The molecule has 2 aromatic carbocycles. The molecule has 1 unspecified atom stereocenters. The third kappa shape index (κ3) is 5.38. The quantitative estimate of drug-likeness (QED) is 0.565. The van der Waals surface area contributed by atoms with Crippen LogP contribution >= 0.6 is 0 Å². The van der Waals surface area contributed by atoms with Crippen molar-refractivity contribution in [1.82, 2.24) is 9.80 Å². The second-order valence-electron chi connectivity index (χ2n) is 10.5. The van der Waals surface area contributed by atoms with Gasteiger partial charge in [-0.1, -0.05) is 12.1 Å². The van der Waals surface area contributed by atoms with Crippen LogP contribution in [0.1, 0.15) is 53.1 Å². The van der Waals surface area contributed by atoms with Crippen molar-refractivity contribution in [2.24, 2.45) is 5.92 Å². The van der Waals surface area contributed by atoms with E-state index in [0.29, 0.717) is 67.5 Å². The number of ketones is 1. The monoisotopic (exact) mass is 523 g/mol. The maximum Gasteiger partial charge on any atom is 0.290 e. The molecule has 3 heterocycles. The van der Waals surface area contributed by atoms with Gasteiger partial charge in [-0.15, -0.1) is 0 Å². The van der Waals surface area contributed by atoms with E-state index in [0.717, 1.165) is 24.8 Å². The van der Waals surface area contributed by atoms with Crippen molar-refractivity contribution in [3.05, 3.63) is 58.9 Å². The van der Waals surface area contributed by atoms with Gasteiger partial charge in [-0.05, 0) is 67.3 Å². The van der Waals surface area contributed by atoms with Crippen LogP contribution in [0.5, 0.6) is 5.75 Å². The van der Waals surface area contributed by atoms with Gasteiger partial charge in [0.15, 0.2) is 0 Å². The fourth-order valence-electron chi connectivity index (χ4n) is 5.77. The summed E-state index contributed by atoms with van der Waals surface area (Å²) in [7, 11) is 1.51. The number of likely N-dealkylation sites (tertiary alicyclic amines) is 2. The zero-order valence-electron chi connectivity index (χ0n) is 21.6. The summed E-state index contributed by atoms with van der Waals surface area (Å²) in [5, 5.41) is 12.9. The number of carbonyl (C=O) groups excluding carboxylic acids is 3. The largest absolute Gasteiger partial charge is 0.496 e. The summed E-state index contributed by atoms with van der Waals surface area (Å²) >= 11 is 0. The van der Waals surface area contributed by atoms with Crippen LogP contribution in [0.3, 0.4) is 0 Å². The summed E-state index contributed by atoms with van der Waals surface area (Å²) in [5.74, 6) is -1.27. The van der Waals surface area contributed by atoms with Crippen LogP contribution in [0.15, 0.2) is 36.4 Å². The van der Waals surface area contributed by atoms with Gasteiger partial charge in [0.2, 0.25) is 5.78 Å². The molecule has 3 aliphatic heterocycles. The smallest absolute Gasteiger partial charge is 0.290 e. The first-order chi connectivity index (χ1) is 18.3. The Morgan fingerprint density at radius 2 is 1.66 bits per heavy atom. The minimum atomic E-state index is -0.678. The van der Waals surface area contributed by atoms with Gasteiger partial charge in [-0.2, -0.15) is 0 Å². The molecule has 2 saturated heterocycles. The zero-order chi connectivity index (χ0) is 26.8. The molecule has 2 aromatic rings. The molecule has 202 valence electrons. The van der Waals surface area contributed by atoms with Crippen LogP contribution in [0.4, 0.5) is 10.1 Å². The maximum absolute atomic E-state index is 13.6. The highest BCUT2D eigenvalue weighted by Gasteiger charge is 2.37. The van der Waals surface area contributed by atoms with E-state index in [-0.39, 0.29) is 18.3 Å². The maximum atomic E-state index is 13.6. The lowest BCUT2D eigenvalue weighted by Crippen LogP contribution is -2.45. The average molecular weight is 524 g/mol. The number of rotatable bonds is 6. The number of aliphatic hydroxyl groups is 1.